The molecule has 1 aromatic carbocycles. The molecular weight excluding hydrogens is 266 g/mol. The van der Waals surface area contributed by atoms with Gasteiger partial charge >= 0.3 is 6.18 Å². The molecule has 1 aromatic heterocycles. The Morgan fingerprint density at radius 2 is 2.00 bits per heavy atom. The van der Waals surface area contributed by atoms with Crippen molar-refractivity contribution in [3.8, 4) is 16.9 Å². The van der Waals surface area contributed by atoms with Crippen molar-refractivity contribution >= 4 is 5.82 Å². The van der Waals surface area contributed by atoms with E-state index in [1.54, 1.807) is 5.10 Å². The molecule has 0 fully saturated rings. The van der Waals surface area contributed by atoms with Crippen LogP contribution in [0.25, 0.3) is 11.1 Å². The number of nitrogens with one attached hydrogen (secondary N) is 1. The molecule has 19 heavy (non-hydrogen) atoms. The third kappa shape index (κ3) is 2.33. The number of nitrogen functional groups attached to an aromatic ring is 1. The summed E-state index contributed by atoms with van der Waals surface area (Å²) in [4.78, 5) is 0. The van der Waals surface area contributed by atoms with Gasteiger partial charge in [0.2, 0.25) is 0 Å². The van der Waals surface area contributed by atoms with Crippen LogP contribution in [0.15, 0.2) is 18.2 Å². The van der Waals surface area contributed by atoms with Gasteiger partial charge < -0.3 is 10.5 Å². The second-order valence-electron chi connectivity index (χ2n) is 3.71. The smallest absolute Gasteiger partial charge is 0.433 e. The fourth-order valence-corrected chi connectivity index (χ4v) is 1.68. The van der Waals surface area contributed by atoms with Crippen molar-refractivity contribution in [1.82, 2.24) is 10.2 Å². The second-order valence-corrected chi connectivity index (χ2v) is 3.71. The molecular formula is C11H9F4N3O. The number of hydrogen-bond donors (Lipinski definition) is 2. The highest BCUT2D eigenvalue weighted by Gasteiger charge is 2.37. The van der Waals surface area contributed by atoms with Crippen LogP contribution in [-0.2, 0) is 6.18 Å². The monoisotopic (exact) mass is 275 g/mol. The Bertz CT molecular complexity index is 606. The summed E-state index contributed by atoms with van der Waals surface area (Å²) in [6.07, 6.45) is -4.66. The van der Waals surface area contributed by atoms with E-state index >= 15 is 0 Å². The lowest BCUT2D eigenvalue weighted by atomic mass is 10.0. The minimum Gasteiger partial charge on any atom is -0.494 e. The molecule has 102 valence electrons. The summed E-state index contributed by atoms with van der Waals surface area (Å²) in [6, 6.07) is 3.41. The van der Waals surface area contributed by atoms with E-state index < -0.39 is 17.7 Å². The molecule has 0 radical (unpaired) electrons. The first kappa shape index (κ1) is 13.2. The number of halogens is 4. The number of nitrogens with two attached hydrogens (primary N) is 1. The van der Waals surface area contributed by atoms with Gasteiger partial charge in [0, 0.05) is 0 Å². The second kappa shape index (κ2) is 4.45. The van der Waals surface area contributed by atoms with Crippen molar-refractivity contribution in [1.29, 1.82) is 0 Å². The van der Waals surface area contributed by atoms with Crippen LogP contribution in [0.3, 0.4) is 0 Å². The van der Waals surface area contributed by atoms with E-state index in [1.165, 1.54) is 19.2 Å². The number of alkyl halides is 3. The first-order chi connectivity index (χ1) is 8.84. The van der Waals surface area contributed by atoms with E-state index in [0.717, 1.165) is 6.07 Å². The number of rotatable bonds is 2. The summed E-state index contributed by atoms with van der Waals surface area (Å²) in [5.41, 5.74) is 3.87. The predicted molar refractivity (Wildman–Crippen MR) is 59.9 cm³/mol. The molecule has 3 N–H and O–H groups in total. The summed E-state index contributed by atoms with van der Waals surface area (Å²) >= 11 is 0. The quantitative estimate of drug-likeness (QED) is 0.828. The third-order valence-electron chi connectivity index (χ3n) is 2.52. The van der Waals surface area contributed by atoms with E-state index in [0.29, 0.717) is 0 Å². The van der Waals surface area contributed by atoms with Crippen molar-refractivity contribution in [3.63, 3.8) is 0 Å². The molecule has 2 aromatic rings. The maximum atomic E-state index is 13.5. The van der Waals surface area contributed by atoms with E-state index in [1.807, 2.05) is 0 Å². The van der Waals surface area contributed by atoms with E-state index in [2.05, 4.69) is 5.10 Å². The Hall–Kier alpha value is -2.25. The van der Waals surface area contributed by atoms with E-state index in [-0.39, 0.29) is 22.7 Å². The molecule has 0 aliphatic carbocycles. The lowest BCUT2D eigenvalue weighted by molar-refractivity contribution is -0.140. The molecule has 0 saturated heterocycles. The first-order valence-electron chi connectivity index (χ1n) is 5.09. The summed E-state index contributed by atoms with van der Waals surface area (Å²) in [6.45, 7) is 0. The van der Waals surface area contributed by atoms with Crippen molar-refractivity contribution < 1.29 is 22.3 Å². The van der Waals surface area contributed by atoms with E-state index in [9.17, 15) is 17.6 Å². The lowest BCUT2D eigenvalue weighted by Gasteiger charge is -2.09. The van der Waals surface area contributed by atoms with Gasteiger partial charge in [-0.2, -0.15) is 18.3 Å². The zero-order valence-electron chi connectivity index (χ0n) is 9.68. The Balaban J connectivity index is 2.59. The molecule has 4 nitrogen and oxygen atoms in total. The maximum absolute atomic E-state index is 13.5. The van der Waals surface area contributed by atoms with Gasteiger partial charge in [-0.05, 0) is 17.7 Å². The number of methoxy groups -OCH3 is 1. The SMILES string of the molecule is COc1ccc(-c2c(N)n[nH]c2C(F)(F)F)cc1F. The number of aromatic amines is 1. The van der Waals surface area contributed by atoms with Gasteiger partial charge in [-0.25, -0.2) is 4.39 Å². The molecule has 0 saturated carbocycles. The van der Waals surface area contributed by atoms with Crippen molar-refractivity contribution in [2.24, 2.45) is 0 Å². The molecule has 2 rings (SSSR count). The van der Waals surface area contributed by atoms with E-state index in [4.69, 9.17) is 10.5 Å². The lowest BCUT2D eigenvalue weighted by Crippen LogP contribution is -2.07. The van der Waals surface area contributed by atoms with Crippen molar-refractivity contribution in [2.75, 3.05) is 12.8 Å². The van der Waals surface area contributed by atoms with Crippen LogP contribution >= 0.6 is 0 Å². The van der Waals surface area contributed by atoms with Crippen LogP contribution in [-0.4, -0.2) is 17.3 Å². The van der Waals surface area contributed by atoms with Gasteiger partial charge in [0.1, 0.15) is 5.69 Å². The van der Waals surface area contributed by atoms with Crippen molar-refractivity contribution in [2.45, 2.75) is 6.18 Å². The molecule has 8 heteroatoms. The number of ether oxygens (including phenoxy) is 1. The van der Waals surface area contributed by atoms with Gasteiger partial charge in [-0.15, -0.1) is 0 Å². The molecule has 0 aliphatic rings. The number of benzene rings is 1. The van der Waals surface area contributed by atoms with Gasteiger partial charge in [0.25, 0.3) is 0 Å². The highest BCUT2D eigenvalue weighted by molar-refractivity contribution is 5.77. The number of H-pyrrole nitrogens is 1. The normalized spacial score (nSPS) is 11.6. The zero-order valence-corrected chi connectivity index (χ0v) is 9.68. The first-order valence-corrected chi connectivity index (χ1v) is 5.09. The minimum atomic E-state index is -4.66. The number of nitrogens with zero attached hydrogens (tertiary/aromatic N) is 1. The van der Waals surface area contributed by atoms with Gasteiger partial charge in [-0.1, -0.05) is 6.07 Å². The highest BCUT2D eigenvalue weighted by Crippen LogP contribution is 2.39. The molecule has 0 amide bonds. The van der Waals surface area contributed by atoms with Crippen LogP contribution in [0.5, 0.6) is 5.75 Å². The van der Waals surface area contributed by atoms with Gasteiger partial charge in [-0.3, -0.25) is 5.10 Å². The Morgan fingerprint density at radius 3 is 2.53 bits per heavy atom. The Labute approximate surface area is 105 Å². The zero-order chi connectivity index (χ0) is 14.2. The van der Waals surface area contributed by atoms with Crippen LogP contribution in [0.2, 0.25) is 0 Å². The largest absolute Gasteiger partial charge is 0.494 e. The topological polar surface area (TPSA) is 63.9 Å². The summed E-state index contributed by atoms with van der Waals surface area (Å²) < 4.78 is 56.5. The standard InChI is InChI=1S/C11H9F4N3O/c1-19-7-3-2-5(4-6(7)12)8-9(11(13,14)15)17-18-10(8)16/h2-4H,1H3,(H3,16,17,18). The molecule has 0 unspecified atom stereocenters. The molecule has 0 atom stereocenters. The number of aromatic nitrogens is 2. The molecule has 0 bridgehead atoms. The molecule has 0 aliphatic heterocycles. The average Bonchev–Trinajstić information content (AvgIpc) is 2.70. The van der Waals surface area contributed by atoms with Crippen LogP contribution < -0.4 is 10.5 Å². The average molecular weight is 275 g/mol. The Morgan fingerprint density at radius 1 is 1.32 bits per heavy atom. The predicted octanol–water partition coefficient (Wildman–Crippen LogP) is 2.83. The number of anilines is 1. The summed E-state index contributed by atoms with van der Waals surface area (Å²) in [5.74, 6) is -1.20. The van der Waals surface area contributed by atoms with Crippen LogP contribution in [0.1, 0.15) is 5.69 Å². The fourth-order valence-electron chi connectivity index (χ4n) is 1.68. The summed E-state index contributed by atoms with van der Waals surface area (Å²) in [7, 11) is 1.26. The molecule has 0 spiro atoms. The molecule has 1 heterocycles. The van der Waals surface area contributed by atoms with Crippen molar-refractivity contribution in [3.05, 3.63) is 29.7 Å². The van der Waals surface area contributed by atoms with Crippen LogP contribution in [0.4, 0.5) is 23.4 Å². The third-order valence-corrected chi connectivity index (χ3v) is 2.52. The Kier molecular flexibility index (Phi) is 3.09. The van der Waals surface area contributed by atoms with Gasteiger partial charge in [0.15, 0.2) is 17.4 Å². The fraction of sp³-hybridized carbons (Fsp3) is 0.182. The van der Waals surface area contributed by atoms with Crippen LogP contribution in [0, 0.1) is 5.82 Å². The van der Waals surface area contributed by atoms with Gasteiger partial charge in [0.05, 0.1) is 12.7 Å². The maximum Gasteiger partial charge on any atom is 0.433 e. The number of hydrogen-bond acceptors (Lipinski definition) is 3. The minimum absolute atomic E-state index is 0.0307. The highest BCUT2D eigenvalue weighted by atomic mass is 19.4. The summed E-state index contributed by atoms with van der Waals surface area (Å²) in [5, 5.41) is 5.12.